The molecule has 2 nitrogen and oxygen atoms in total. The molecular formula is C14H14Cl2N2. The molecule has 0 aliphatic heterocycles. The first kappa shape index (κ1) is 13.3. The molecular weight excluding hydrogens is 267 g/mol. The van der Waals surface area contributed by atoms with Gasteiger partial charge in [-0.1, -0.05) is 42.3 Å². The van der Waals surface area contributed by atoms with Crippen molar-refractivity contribution in [2.24, 2.45) is 5.73 Å². The van der Waals surface area contributed by atoms with Gasteiger partial charge in [-0.3, -0.25) is 4.98 Å². The summed E-state index contributed by atoms with van der Waals surface area (Å²) in [6.07, 6.45) is 4.47. The van der Waals surface area contributed by atoms with Crippen molar-refractivity contribution in [1.82, 2.24) is 4.98 Å². The van der Waals surface area contributed by atoms with Crippen LogP contribution < -0.4 is 5.73 Å². The smallest absolute Gasteiger partial charge is 0.0643 e. The van der Waals surface area contributed by atoms with Crippen molar-refractivity contribution in [2.75, 3.05) is 0 Å². The van der Waals surface area contributed by atoms with Crippen LogP contribution in [0.4, 0.5) is 0 Å². The number of hydrogen-bond acceptors (Lipinski definition) is 2. The molecule has 1 aromatic heterocycles. The van der Waals surface area contributed by atoms with Crippen molar-refractivity contribution in [1.29, 1.82) is 0 Å². The van der Waals surface area contributed by atoms with Gasteiger partial charge in [-0.05, 0) is 35.2 Å². The van der Waals surface area contributed by atoms with E-state index in [4.69, 9.17) is 28.9 Å². The van der Waals surface area contributed by atoms with E-state index in [0.29, 0.717) is 10.0 Å². The largest absolute Gasteiger partial charge is 0.320 e. The number of rotatable bonds is 3. The lowest BCUT2D eigenvalue weighted by molar-refractivity contribution is 0.844. The third kappa shape index (κ3) is 2.51. The molecule has 0 bridgehead atoms. The van der Waals surface area contributed by atoms with Crippen molar-refractivity contribution in [3.63, 3.8) is 0 Å². The van der Waals surface area contributed by atoms with E-state index in [-0.39, 0.29) is 6.04 Å². The summed E-state index contributed by atoms with van der Waals surface area (Å²) in [5, 5.41) is 1.04. The third-order valence-electron chi connectivity index (χ3n) is 2.97. The van der Waals surface area contributed by atoms with Gasteiger partial charge >= 0.3 is 0 Å². The number of nitrogens with two attached hydrogens (primary N) is 1. The lowest BCUT2D eigenvalue weighted by Gasteiger charge is -2.17. The Bertz CT molecular complexity index is 555. The molecule has 0 saturated carbocycles. The zero-order valence-electron chi connectivity index (χ0n) is 10.0. The number of nitrogens with zero attached hydrogens (tertiary/aromatic N) is 1. The summed E-state index contributed by atoms with van der Waals surface area (Å²) < 4.78 is 0. The predicted octanol–water partition coefficient (Wildman–Crippen LogP) is 4.00. The minimum Gasteiger partial charge on any atom is -0.320 e. The summed E-state index contributed by atoms with van der Waals surface area (Å²) in [5.74, 6) is 0. The first-order valence-corrected chi connectivity index (χ1v) is 6.53. The number of hydrogen-bond donors (Lipinski definition) is 1. The molecule has 2 rings (SSSR count). The van der Waals surface area contributed by atoms with Crippen LogP contribution in [-0.2, 0) is 6.42 Å². The van der Waals surface area contributed by atoms with Crippen LogP contribution in [0.5, 0.6) is 0 Å². The highest BCUT2D eigenvalue weighted by atomic mass is 35.5. The molecule has 0 aliphatic carbocycles. The van der Waals surface area contributed by atoms with Gasteiger partial charge in [0.15, 0.2) is 0 Å². The van der Waals surface area contributed by atoms with Crippen molar-refractivity contribution in [3.05, 3.63) is 63.4 Å². The lowest BCUT2D eigenvalue weighted by Crippen LogP contribution is -2.14. The lowest BCUT2D eigenvalue weighted by atomic mass is 9.95. The summed E-state index contributed by atoms with van der Waals surface area (Å²) in [6, 6.07) is 7.16. The number of pyridine rings is 1. The minimum absolute atomic E-state index is 0.283. The molecule has 0 radical (unpaired) electrons. The monoisotopic (exact) mass is 280 g/mol. The Kier molecular flexibility index (Phi) is 4.23. The maximum atomic E-state index is 6.29. The van der Waals surface area contributed by atoms with Gasteiger partial charge in [-0.2, -0.15) is 0 Å². The molecule has 0 spiro atoms. The molecule has 1 atom stereocenters. The summed E-state index contributed by atoms with van der Waals surface area (Å²) >= 11 is 12.2. The van der Waals surface area contributed by atoms with Crippen LogP contribution in [0.1, 0.15) is 29.7 Å². The molecule has 1 heterocycles. The molecule has 1 aromatic carbocycles. The van der Waals surface area contributed by atoms with E-state index in [2.05, 4.69) is 11.9 Å². The van der Waals surface area contributed by atoms with Gasteiger partial charge < -0.3 is 5.73 Å². The molecule has 18 heavy (non-hydrogen) atoms. The van der Waals surface area contributed by atoms with Crippen LogP contribution in [0.2, 0.25) is 10.0 Å². The first-order chi connectivity index (χ1) is 8.65. The van der Waals surface area contributed by atoms with Crippen LogP contribution in [0, 0.1) is 0 Å². The van der Waals surface area contributed by atoms with Gasteiger partial charge in [-0.15, -0.1) is 0 Å². The van der Waals surface area contributed by atoms with Crippen LogP contribution in [0.3, 0.4) is 0 Å². The van der Waals surface area contributed by atoms with Crippen molar-refractivity contribution in [2.45, 2.75) is 19.4 Å². The van der Waals surface area contributed by atoms with Crippen LogP contribution >= 0.6 is 23.2 Å². The molecule has 0 aliphatic rings. The number of aryl methyl sites for hydroxylation is 1. The molecule has 1 unspecified atom stereocenters. The summed E-state index contributed by atoms with van der Waals surface area (Å²) in [4.78, 5) is 4.12. The zero-order valence-corrected chi connectivity index (χ0v) is 11.5. The Hall–Kier alpha value is -1.09. The highest BCUT2D eigenvalue weighted by Gasteiger charge is 2.16. The second kappa shape index (κ2) is 5.70. The zero-order chi connectivity index (χ0) is 13.1. The topological polar surface area (TPSA) is 38.9 Å². The average Bonchev–Trinajstić information content (AvgIpc) is 2.41. The maximum absolute atomic E-state index is 6.29. The van der Waals surface area contributed by atoms with Crippen molar-refractivity contribution < 1.29 is 0 Å². The fourth-order valence-electron chi connectivity index (χ4n) is 1.96. The second-order valence-corrected chi connectivity index (χ2v) is 4.83. The first-order valence-electron chi connectivity index (χ1n) is 5.77. The van der Waals surface area contributed by atoms with Crippen LogP contribution in [0.15, 0.2) is 36.7 Å². The number of halogens is 2. The molecule has 0 amide bonds. The minimum atomic E-state index is -0.283. The number of benzene rings is 1. The Labute approximate surface area is 117 Å². The molecule has 2 aromatic rings. The molecule has 94 valence electrons. The Balaban J connectivity index is 2.48. The van der Waals surface area contributed by atoms with Gasteiger partial charge in [0.2, 0.25) is 0 Å². The van der Waals surface area contributed by atoms with Crippen molar-refractivity contribution >= 4 is 23.2 Å². The SMILES string of the molecule is CCc1cnccc1C(N)c1cccc(Cl)c1Cl. The van der Waals surface area contributed by atoms with E-state index in [1.807, 2.05) is 24.4 Å². The molecule has 0 fully saturated rings. The third-order valence-corrected chi connectivity index (χ3v) is 3.81. The number of aromatic nitrogens is 1. The van der Waals surface area contributed by atoms with E-state index in [1.54, 1.807) is 12.3 Å². The Morgan fingerprint density at radius 1 is 1.22 bits per heavy atom. The van der Waals surface area contributed by atoms with Crippen LogP contribution in [0.25, 0.3) is 0 Å². The van der Waals surface area contributed by atoms with Gasteiger partial charge in [0, 0.05) is 12.4 Å². The van der Waals surface area contributed by atoms with Gasteiger partial charge in [0.1, 0.15) is 0 Å². The average molecular weight is 281 g/mol. The van der Waals surface area contributed by atoms with E-state index in [0.717, 1.165) is 23.1 Å². The quantitative estimate of drug-likeness (QED) is 0.923. The van der Waals surface area contributed by atoms with Gasteiger partial charge in [-0.25, -0.2) is 0 Å². The molecule has 2 N–H and O–H groups in total. The van der Waals surface area contributed by atoms with E-state index in [9.17, 15) is 0 Å². The summed E-state index contributed by atoms with van der Waals surface area (Å²) in [6.45, 7) is 2.08. The highest BCUT2D eigenvalue weighted by molar-refractivity contribution is 6.42. The molecule has 0 saturated heterocycles. The second-order valence-electron chi connectivity index (χ2n) is 4.05. The maximum Gasteiger partial charge on any atom is 0.0643 e. The van der Waals surface area contributed by atoms with E-state index >= 15 is 0 Å². The predicted molar refractivity (Wildman–Crippen MR) is 76.1 cm³/mol. The van der Waals surface area contributed by atoms with Gasteiger partial charge in [0.25, 0.3) is 0 Å². The van der Waals surface area contributed by atoms with Gasteiger partial charge in [0.05, 0.1) is 16.1 Å². The molecule has 4 heteroatoms. The highest BCUT2D eigenvalue weighted by Crippen LogP contribution is 2.32. The van der Waals surface area contributed by atoms with Crippen molar-refractivity contribution in [3.8, 4) is 0 Å². The summed E-state index contributed by atoms with van der Waals surface area (Å²) in [7, 11) is 0. The van der Waals surface area contributed by atoms with E-state index < -0.39 is 0 Å². The Morgan fingerprint density at radius 2 is 2.00 bits per heavy atom. The fourth-order valence-corrected chi connectivity index (χ4v) is 2.39. The van der Waals surface area contributed by atoms with E-state index in [1.165, 1.54) is 0 Å². The normalized spacial score (nSPS) is 12.4. The fraction of sp³-hybridized carbons (Fsp3) is 0.214. The summed E-state index contributed by atoms with van der Waals surface area (Å²) in [5.41, 5.74) is 9.29. The van der Waals surface area contributed by atoms with Crippen LogP contribution in [-0.4, -0.2) is 4.98 Å². The Morgan fingerprint density at radius 3 is 2.72 bits per heavy atom. The standard InChI is InChI=1S/C14H14Cl2N2/c1-2-9-8-18-7-6-10(9)14(17)11-4-3-5-12(15)13(11)16/h3-8,14H,2,17H2,1H3.